The maximum absolute atomic E-state index is 13.3. The molecule has 0 amide bonds. The van der Waals surface area contributed by atoms with Crippen molar-refractivity contribution in [2.24, 2.45) is 0 Å². The summed E-state index contributed by atoms with van der Waals surface area (Å²) in [4.78, 5) is 0. The number of nitrogens with zero attached hydrogens (tertiary/aromatic N) is 1. The smallest absolute Gasteiger partial charge is 0.124 e. The lowest BCUT2D eigenvalue weighted by Gasteiger charge is -2.26. The maximum Gasteiger partial charge on any atom is 0.124 e. The topological polar surface area (TPSA) is 49.9 Å². The number of H-pyrrole nitrogens is 1. The fourth-order valence-corrected chi connectivity index (χ4v) is 2.35. The lowest BCUT2D eigenvalue weighted by molar-refractivity contribution is 0.251. The monoisotopic (exact) mass is 261 g/mol. The first-order valence-corrected chi connectivity index (χ1v) is 6.38. The molecular weight excluding hydrogens is 245 g/mol. The van der Waals surface area contributed by atoms with Gasteiger partial charge in [0.05, 0.1) is 18.5 Å². The molecule has 1 aromatic heterocycles. The first-order chi connectivity index (χ1) is 9.24. The molecule has 0 saturated carbocycles. The molecule has 2 N–H and O–H groups in total. The highest BCUT2D eigenvalue weighted by Gasteiger charge is 2.21. The van der Waals surface area contributed by atoms with E-state index in [0.29, 0.717) is 13.2 Å². The Morgan fingerprint density at radius 1 is 1.53 bits per heavy atom. The number of ether oxygens (including phenoxy) is 1. The van der Waals surface area contributed by atoms with Crippen molar-refractivity contribution in [2.75, 3.05) is 6.61 Å². The van der Waals surface area contributed by atoms with Gasteiger partial charge >= 0.3 is 0 Å². The summed E-state index contributed by atoms with van der Waals surface area (Å²) < 4.78 is 18.9. The van der Waals surface area contributed by atoms with Crippen LogP contribution in [0.2, 0.25) is 0 Å². The van der Waals surface area contributed by atoms with Crippen LogP contribution in [0.25, 0.3) is 0 Å². The minimum absolute atomic E-state index is 0.113. The molecule has 0 aliphatic carbocycles. The molecule has 4 nitrogen and oxygen atoms in total. The van der Waals surface area contributed by atoms with E-state index in [9.17, 15) is 4.39 Å². The fraction of sp³-hybridized carbons (Fsp3) is 0.357. The minimum atomic E-state index is -0.228. The van der Waals surface area contributed by atoms with Crippen molar-refractivity contribution in [2.45, 2.75) is 25.9 Å². The molecule has 1 aliphatic rings. The zero-order valence-electron chi connectivity index (χ0n) is 10.7. The Morgan fingerprint density at radius 3 is 3.21 bits per heavy atom. The van der Waals surface area contributed by atoms with Gasteiger partial charge in [-0.3, -0.25) is 5.10 Å². The lowest BCUT2D eigenvalue weighted by Crippen LogP contribution is -2.27. The molecule has 3 rings (SSSR count). The molecule has 2 heterocycles. The SMILES string of the molecule is Cc1cn[nH]c1CNC1CCOc2ccc(F)cc21. The number of halogens is 1. The molecule has 1 aliphatic heterocycles. The molecule has 5 heteroatoms. The Balaban J connectivity index is 1.76. The summed E-state index contributed by atoms with van der Waals surface area (Å²) in [7, 11) is 0. The predicted octanol–water partition coefficient (Wildman–Crippen LogP) is 2.47. The second kappa shape index (κ2) is 5.01. The van der Waals surface area contributed by atoms with Crippen molar-refractivity contribution in [1.82, 2.24) is 15.5 Å². The molecule has 0 spiro atoms. The van der Waals surface area contributed by atoms with Gasteiger partial charge in [0.15, 0.2) is 0 Å². The van der Waals surface area contributed by atoms with Crippen molar-refractivity contribution < 1.29 is 9.13 Å². The first kappa shape index (κ1) is 12.2. The summed E-state index contributed by atoms with van der Waals surface area (Å²) >= 11 is 0. The molecule has 1 atom stereocenters. The molecule has 0 fully saturated rings. The van der Waals surface area contributed by atoms with Crippen LogP contribution in [0.15, 0.2) is 24.4 Å². The van der Waals surface area contributed by atoms with E-state index in [1.54, 1.807) is 18.3 Å². The van der Waals surface area contributed by atoms with Gasteiger partial charge in [-0.2, -0.15) is 5.10 Å². The largest absolute Gasteiger partial charge is 0.493 e. The van der Waals surface area contributed by atoms with Crippen LogP contribution in [-0.4, -0.2) is 16.8 Å². The Kier molecular flexibility index (Phi) is 3.21. The third kappa shape index (κ3) is 2.46. The zero-order chi connectivity index (χ0) is 13.2. The average Bonchev–Trinajstić information content (AvgIpc) is 2.82. The van der Waals surface area contributed by atoms with E-state index < -0.39 is 0 Å². The van der Waals surface area contributed by atoms with Gasteiger partial charge in [-0.05, 0) is 30.7 Å². The van der Waals surface area contributed by atoms with E-state index in [4.69, 9.17) is 4.74 Å². The predicted molar refractivity (Wildman–Crippen MR) is 69.4 cm³/mol. The van der Waals surface area contributed by atoms with Gasteiger partial charge in [0.2, 0.25) is 0 Å². The van der Waals surface area contributed by atoms with Crippen molar-refractivity contribution in [1.29, 1.82) is 0 Å². The van der Waals surface area contributed by atoms with Crippen LogP contribution in [0.3, 0.4) is 0 Å². The van der Waals surface area contributed by atoms with E-state index in [2.05, 4.69) is 15.5 Å². The Hall–Kier alpha value is -1.88. The van der Waals surface area contributed by atoms with E-state index in [-0.39, 0.29) is 11.9 Å². The number of aromatic nitrogens is 2. The number of benzene rings is 1. The molecule has 2 aromatic rings. The van der Waals surface area contributed by atoms with Crippen LogP contribution < -0.4 is 10.1 Å². The number of rotatable bonds is 3. The third-order valence-electron chi connectivity index (χ3n) is 3.47. The van der Waals surface area contributed by atoms with Gasteiger partial charge in [-0.15, -0.1) is 0 Å². The minimum Gasteiger partial charge on any atom is -0.493 e. The number of aryl methyl sites for hydroxylation is 1. The van der Waals surface area contributed by atoms with E-state index in [1.807, 2.05) is 6.92 Å². The van der Waals surface area contributed by atoms with Gasteiger partial charge in [0.25, 0.3) is 0 Å². The van der Waals surface area contributed by atoms with Crippen LogP contribution in [0.5, 0.6) is 5.75 Å². The van der Waals surface area contributed by atoms with Crippen LogP contribution in [0.4, 0.5) is 4.39 Å². The highest BCUT2D eigenvalue weighted by molar-refractivity contribution is 5.38. The van der Waals surface area contributed by atoms with Crippen molar-refractivity contribution in [3.8, 4) is 5.75 Å². The van der Waals surface area contributed by atoms with Crippen LogP contribution in [-0.2, 0) is 6.54 Å². The highest BCUT2D eigenvalue weighted by atomic mass is 19.1. The molecule has 1 unspecified atom stereocenters. The molecule has 0 radical (unpaired) electrons. The fourth-order valence-electron chi connectivity index (χ4n) is 2.35. The quantitative estimate of drug-likeness (QED) is 0.892. The van der Waals surface area contributed by atoms with Crippen molar-refractivity contribution in [3.05, 3.63) is 47.0 Å². The Morgan fingerprint density at radius 2 is 2.42 bits per heavy atom. The number of aromatic amines is 1. The summed E-state index contributed by atoms with van der Waals surface area (Å²) in [6.07, 6.45) is 2.64. The average molecular weight is 261 g/mol. The van der Waals surface area contributed by atoms with Gasteiger partial charge in [0.1, 0.15) is 11.6 Å². The second-order valence-corrected chi connectivity index (χ2v) is 4.78. The number of fused-ring (bicyclic) bond motifs is 1. The molecule has 19 heavy (non-hydrogen) atoms. The summed E-state index contributed by atoms with van der Waals surface area (Å²) in [5.74, 6) is 0.542. The lowest BCUT2D eigenvalue weighted by atomic mass is 10.0. The van der Waals surface area contributed by atoms with E-state index >= 15 is 0 Å². The third-order valence-corrected chi connectivity index (χ3v) is 3.47. The Bertz CT molecular complexity index is 582. The molecule has 0 saturated heterocycles. The van der Waals surface area contributed by atoms with Crippen molar-refractivity contribution in [3.63, 3.8) is 0 Å². The summed E-state index contributed by atoms with van der Waals surface area (Å²) in [5, 5.41) is 10.4. The van der Waals surface area contributed by atoms with Crippen LogP contribution in [0, 0.1) is 12.7 Å². The summed E-state index contributed by atoms with van der Waals surface area (Å²) in [5.41, 5.74) is 3.08. The zero-order valence-corrected chi connectivity index (χ0v) is 10.7. The van der Waals surface area contributed by atoms with Crippen LogP contribution in [0.1, 0.15) is 29.3 Å². The van der Waals surface area contributed by atoms with Gasteiger partial charge < -0.3 is 10.1 Å². The normalized spacial score (nSPS) is 17.9. The molecule has 1 aromatic carbocycles. The Labute approximate surface area is 111 Å². The van der Waals surface area contributed by atoms with Crippen molar-refractivity contribution >= 4 is 0 Å². The van der Waals surface area contributed by atoms with E-state index in [0.717, 1.165) is 29.0 Å². The van der Waals surface area contributed by atoms with Gasteiger partial charge in [-0.25, -0.2) is 4.39 Å². The first-order valence-electron chi connectivity index (χ1n) is 6.38. The van der Waals surface area contributed by atoms with Gasteiger partial charge in [0, 0.05) is 24.6 Å². The summed E-state index contributed by atoms with van der Waals surface area (Å²) in [6, 6.07) is 4.79. The molecule has 100 valence electrons. The number of nitrogens with one attached hydrogen (secondary N) is 2. The maximum atomic E-state index is 13.3. The standard InChI is InChI=1S/C14H16FN3O/c1-9-7-17-18-13(9)8-16-12-4-5-19-14-3-2-10(15)6-11(12)14/h2-3,6-7,12,16H,4-5,8H2,1H3,(H,17,18). The van der Waals surface area contributed by atoms with E-state index in [1.165, 1.54) is 6.07 Å². The number of hydrogen-bond acceptors (Lipinski definition) is 3. The van der Waals surface area contributed by atoms with Crippen LogP contribution >= 0.6 is 0 Å². The second-order valence-electron chi connectivity index (χ2n) is 4.78. The van der Waals surface area contributed by atoms with Gasteiger partial charge in [-0.1, -0.05) is 0 Å². The molecular formula is C14H16FN3O. The highest BCUT2D eigenvalue weighted by Crippen LogP contribution is 2.32. The number of hydrogen-bond donors (Lipinski definition) is 2. The molecule has 0 bridgehead atoms. The summed E-state index contributed by atoms with van der Waals surface area (Å²) in [6.45, 7) is 3.35.